The SMILES string of the molecule is COc1cc(C2Oc3cc(OC(C)=O)cc(OC)c3C(=O)C2OC(C)=O)ccc1OC(C)=O. The molecule has 0 spiro atoms. The Hall–Kier alpha value is -4.08. The zero-order valence-electron chi connectivity index (χ0n) is 18.6. The Balaban J connectivity index is 2.12. The predicted molar refractivity (Wildman–Crippen MR) is 112 cm³/mol. The largest absolute Gasteiger partial charge is 0.496 e. The second-order valence-corrected chi connectivity index (χ2v) is 7.03. The number of fused-ring (bicyclic) bond motifs is 1. The molecule has 1 heterocycles. The van der Waals surface area contributed by atoms with Gasteiger partial charge in [-0.3, -0.25) is 19.2 Å². The van der Waals surface area contributed by atoms with E-state index in [2.05, 4.69) is 0 Å². The summed E-state index contributed by atoms with van der Waals surface area (Å²) in [5, 5.41) is 0. The topological polar surface area (TPSA) is 124 Å². The molecule has 2 unspecified atom stereocenters. The normalized spacial score (nSPS) is 16.7. The van der Waals surface area contributed by atoms with Gasteiger partial charge in [-0.2, -0.15) is 0 Å². The predicted octanol–water partition coefficient (Wildman–Crippen LogP) is 2.80. The van der Waals surface area contributed by atoms with Crippen molar-refractivity contribution in [1.29, 1.82) is 0 Å². The summed E-state index contributed by atoms with van der Waals surface area (Å²) in [7, 11) is 2.72. The standard InChI is InChI=1S/C23H22O10/c1-11(24)30-15-9-18(29-5)20-19(10-15)33-22(23(21(20)27)32-13(3)26)14-6-7-16(31-12(2)25)17(8-14)28-4/h6-10,22-23H,1-5H3. The summed E-state index contributed by atoms with van der Waals surface area (Å²) in [5.41, 5.74) is 0.448. The van der Waals surface area contributed by atoms with Gasteiger partial charge in [-0.25, -0.2) is 0 Å². The third kappa shape index (κ3) is 5.05. The van der Waals surface area contributed by atoms with E-state index in [0.29, 0.717) is 5.56 Å². The number of carbonyl (C=O) groups excluding carboxylic acids is 4. The van der Waals surface area contributed by atoms with Crippen molar-refractivity contribution in [2.45, 2.75) is 33.0 Å². The highest BCUT2D eigenvalue weighted by atomic mass is 16.6. The number of carbonyl (C=O) groups is 4. The quantitative estimate of drug-likeness (QED) is 0.471. The van der Waals surface area contributed by atoms with Gasteiger partial charge in [0, 0.05) is 38.5 Å². The van der Waals surface area contributed by atoms with E-state index >= 15 is 0 Å². The molecular weight excluding hydrogens is 436 g/mol. The first-order valence-electron chi connectivity index (χ1n) is 9.79. The van der Waals surface area contributed by atoms with Crippen molar-refractivity contribution in [2.75, 3.05) is 14.2 Å². The minimum atomic E-state index is -1.34. The molecule has 0 saturated carbocycles. The van der Waals surface area contributed by atoms with Crippen molar-refractivity contribution in [2.24, 2.45) is 0 Å². The Bertz CT molecular complexity index is 1120. The molecule has 2 aromatic carbocycles. The highest BCUT2D eigenvalue weighted by Gasteiger charge is 2.43. The zero-order chi connectivity index (χ0) is 24.3. The fraction of sp³-hybridized carbons (Fsp3) is 0.304. The third-order valence-corrected chi connectivity index (χ3v) is 4.62. The Morgan fingerprint density at radius 2 is 1.48 bits per heavy atom. The van der Waals surface area contributed by atoms with Gasteiger partial charge < -0.3 is 28.4 Å². The van der Waals surface area contributed by atoms with Crippen molar-refractivity contribution in [3.05, 3.63) is 41.5 Å². The number of hydrogen-bond acceptors (Lipinski definition) is 10. The van der Waals surface area contributed by atoms with Crippen molar-refractivity contribution in [3.8, 4) is 28.7 Å². The number of benzene rings is 2. The number of ether oxygens (including phenoxy) is 6. The van der Waals surface area contributed by atoms with Crippen LogP contribution < -0.4 is 23.7 Å². The van der Waals surface area contributed by atoms with E-state index < -0.39 is 35.9 Å². The van der Waals surface area contributed by atoms with E-state index in [-0.39, 0.29) is 34.3 Å². The molecule has 3 rings (SSSR count). The Morgan fingerprint density at radius 1 is 0.818 bits per heavy atom. The molecule has 0 bridgehead atoms. The number of rotatable bonds is 6. The van der Waals surface area contributed by atoms with Gasteiger partial charge >= 0.3 is 17.9 Å². The Kier molecular flexibility index (Phi) is 6.86. The molecule has 2 atom stereocenters. The molecule has 2 aromatic rings. The molecule has 0 amide bonds. The summed E-state index contributed by atoms with van der Waals surface area (Å²) in [4.78, 5) is 47.9. The number of ketones is 1. The average molecular weight is 458 g/mol. The second kappa shape index (κ2) is 9.60. The first kappa shape index (κ1) is 23.6. The monoisotopic (exact) mass is 458 g/mol. The lowest BCUT2D eigenvalue weighted by Crippen LogP contribution is -2.39. The lowest BCUT2D eigenvalue weighted by Gasteiger charge is -2.33. The van der Waals surface area contributed by atoms with E-state index in [1.165, 1.54) is 59.3 Å². The highest BCUT2D eigenvalue weighted by molar-refractivity contribution is 6.06. The van der Waals surface area contributed by atoms with Gasteiger partial charge in [0.25, 0.3) is 0 Å². The van der Waals surface area contributed by atoms with Crippen LogP contribution in [0.25, 0.3) is 0 Å². The number of methoxy groups -OCH3 is 2. The molecule has 0 aromatic heterocycles. The van der Waals surface area contributed by atoms with Crippen LogP contribution in [0.3, 0.4) is 0 Å². The molecule has 10 heteroatoms. The van der Waals surface area contributed by atoms with E-state index in [1.54, 1.807) is 6.07 Å². The summed E-state index contributed by atoms with van der Waals surface area (Å²) in [5.74, 6) is -1.72. The molecule has 0 aliphatic carbocycles. The summed E-state index contributed by atoms with van der Waals surface area (Å²) in [6.07, 6.45) is -2.42. The lowest BCUT2D eigenvalue weighted by atomic mass is 9.92. The van der Waals surface area contributed by atoms with Crippen molar-refractivity contribution in [1.82, 2.24) is 0 Å². The number of Topliss-reactive ketones (excluding diaryl/α,β-unsaturated/α-hetero) is 1. The average Bonchev–Trinajstić information content (AvgIpc) is 2.74. The van der Waals surface area contributed by atoms with Crippen LogP contribution in [0.5, 0.6) is 28.7 Å². The molecule has 0 radical (unpaired) electrons. The summed E-state index contributed by atoms with van der Waals surface area (Å²) >= 11 is 0. The summed E-state index contributed by atoms with van der Waals surface area (Å²) in [6, 6.07) is 7.26. The molecule has 0 saturated heterocycles. The fourth-order valence-corrected chi connectivity index (χ4v) is 3.40. The minimum absolute atomic E-state index is 0.0411. The zero-order valence-corrected chi connectivity index (χ0v) is 18.6. The van der Waals surface area contributed by atoms with E-state index in [4.69, 9.17) is 28.4 Å². The smallest absolute Gasteiger partial charge is 0.308 e. The van der Waals surface area contributed by atoms with Crippen LogP contribution in [0.15, 0.2) is 30.3 Å². The lowest BCUT2D eigenvalue weighted by molar-refractivity contribution is -0.149. The molecule has 0 N–H and O–H groups in total. The Labute approximate surface area is 189 Å². The number of esters is 3. The molecule has 1 aliphatic heterocycles. The molecule has 33 heavy (non-hydrogen) atoms. The molecular formula is C23H22O10. The van der Waals surface area contributed by atoms with Crippen LogP contribution >= 0.6 is 0 Å². The maximum atomic E-state index is 13.4. The first-order valence-corrected chi connectivity index (χ1v) is 9.79. The number of hydrogen-bond donors (Lipinski definition) is 0. The van der Waals surface area contributed by atoms with Crippen LogP contribution in [0.2, 0.25) is 0 Å². The first-order chi connectivity index (χ1) is 15.6. The van der Waals surface area contributed by atoms with Gasteiger partial charge in [0.2, 0.25) is 11.9 Å². The van der Waals surface area contributed by atoms with Gasteiger partial charge in [0.1, 0.15) is 22.8 Å². The van der Waals surface area contributed by atoms with Gasteiger partial charge in [-0.05, 0) is 12.1 Å². The van der Waals surface area contributed by atoms with Crippen LogP contribution in [-0.2, 0) is 19.1 Å². The van der Waals surface area contributed by atoms with Crippen molar-refractivity contribution in [3.63, 3.8) is 0 Å². The van der Waals surface area contributed by atoms with E-state index in [1.807, 2.05) is 0 Å². The second-order valence-electron chi connectivity index (χ2n) is 7.03. The van der Waals surface area contributed by atoms with Gasteiger partial charge in [0.15, 0.2) is 17.6 Å². The maximum absolute atomic E-state index is 13.4. The molecule has 1 aliphatic rings. The van der Waals surface area contributed by atoms with Crippen molar-refractivity contribution >= 4 is 23.7 Å². The van der Waals surface area contributed by atoms with Crippen LogP contribution in [0.4, 0.5) is 0 Å². The Morgan fingerprint density at radius 3 is 2.06 bits per heavy atom. The minimum Gasteiger partial charge on any atom is -0.496 e. The fourth-order valence-electron chi connectivity index (χ4n) is 3.40. The van der Waals surface area contributed by atoms with Crippen LogP contribution in [0, 0.1) is 0 Å². The third-order valence-electron chi connectivity index (χ3n) is 4.62. The molecule has 174 valence electrons. The highest BCUT2D eigenvalue weighted by Crippen LogP contribution is 2.44. The van der Waals surface area contributed by atoms with Crippen LogP contribution in [-0.4, -0.2) is 44.0 Å². The maximum Gasteiger partial charge on any atom is 0.308 e. The van der Waals surface area contributed by atoms with Gasteiger partial charge in [-0.15, -0.1) is 0 Å². The van der Waals surface area contributed by atoms with E-state index in [9.17, 15) is 19.2 Å². The summed E-state index contributed by atoms with van der Waals surface area (Å²) in [6.45, 7) is 3.65. The van der Waals surface area contributed by atoms with Crippen LogP contribution in [0.1, 0.15) is 42.8 Å². The van der Waals surface area contributed by atoms with Gasteiger partial charge in [-0.1, -0.05) is 6.07 Å². The van der Waals surface area contributed by atoms with Crippen molar-refractivity contribution < 1.29 is 47.6 Å². The van der Waals surface area contributed by atoms with E-state index in [0.717, 1.165) is 0 Å². The summed E-state index contributed by atoms with van der Waals surface area (Å²) < 4.78 is 32.2. The van der Waals surface area contributed by atoms with Gasteiger partial charge in [0.05, 0.1) is 14.2 Å². The molecule has 0 fully saturated rings. The molecule has 10 nitrogen and oxygen atoms in total.